The van der Waals surface area contributed by atoms with E-state index in [2.05, 4.69) is 5.32 Å². The van der Waals surface area contributed by atoms with Crippen molar-refractivity contribution in [2.24, 2.45) is 0 Å². The second kappa shape index (κ2) is 6.74. The molecule has 0 spiro atoms. The summed E-state index contributed by atoms with van der Waals surface area (Å²) in [7, 11) is 0. The van der Waals surface area contributed by atoms with Gasteiger partial charge < -0.3 is 9.73 Å². The fourth-order valence-electron chi connectivity index (χ4n) is 1.69. The maximum Gasteiger partial charge on any atom is 0.284 e. The summed E-state index contributed by atoms with van der Waals surface area (Å²) in [4.78, 5) is 0. The van der Waals surface area contributed by atoms with E-state index in [1.807, 2.05) is 6.92 Å². The number of furan rings is 1. The normalized spacial score (nSPS) is 11.1. The predicted octanol–water partition coefficient (Wildman–Crippen LogP) is 4.80. The lowest BCUT2D eigenvalue weighted by Gasteiger charge is -2.06. The van der Waals surface area contributed by atoms with Gasteiger partial charge >= 0.3 is 0 Å². The molecule has 0 fully saturated rings. The topological polar surface area (TPSA) is 25.2 Å². The Hall–Kier alpha value is -1.56. The highest BCUT2D eigenvalue weighted by atomic mass is 32.2. The van der Waals surface area contributed by atoms with Crippen LogP contribution in [0.25, 0.3) is 0 Å². The molecule has 1 aromatic carbocycles. The fraction of sp³-hybridized carbons (Fsp3) is 0.286. The van der Waals surface area contributed by atoms with E-state index in [0.717, 1.165) is 5.56 Å². The lowest BCUT2D eigenvalue weighted by atomic mass is 10.2. The molecule has 1 aromatic heterocycles. The van der Waals surface area contributed by atoms with Crippen LogP contribution in [0.5, 0.6) is 0 Å². The van der Waals surface area contributed by atoms with E-state index < -0.39 is 5.76 Å². The van der Waals surface area contributed by atoms with Gasteiger partial charge in [0.15, 0.2) is 0 Å². The van der Waals surface area contributed by atoms with Crippen LogP contribution in [-0.4, -0.2) is 5.76 Å². The molecule has 1 heterocycles. The summed E-state index contributed by atoms with van der Waals surface area (Å²) in [6, 6.07) is 8.24. The number of hydrogen-bond acceptors (Lipinski definition) is 3. The van der Waals surface area contributed by atoms with E-state index in [4.69, 9.17) is 4.42 Å². The average molecular weight is 301 g/mol. The molecule has 0 saturated carbocycles. The first-order valence-corrected chi connectivity index (χ1v) is 7.07. The maximum atomic E-state index is 13.6. The summed E-state index contributed by atoms with van der Waals surface area (Å²) in [5, 5.41) is 2.91. The van der Waals surface area contributed by atoms with Crippen LogP contribution in [0.15, 0.2) is 34.7 Å². The van der Waals surface area contributed by atoms with Gasteiger partial charge in [-0.2, -0.15) is 8.78 Å². The molecule has 0 aliphatic carbocycles. The minimum Gasteiger partial charge on any atom is -0.463 e. The van der Waals surface area contributed by atoms with Crippen LogP contribution in [0.3, 0.4) is 0 Å². The van der Waals surface area contributed by atoms with Crippen molar-refractivity contribution >= 4 is 17.4 Å². The van der Waals surface area contributed by atoms with E-state index in [9.17, 15) is 13.2 Å². The molecule has 2 aromatic rings. The van der Waals surface area contributed by atoms with Crippen molar-refractivity contribution in [3.05, 3.63) is 53.2 Å². The Morgan fingerprint density at radius 3 is 2.65 bits per heavy atom. The predicted molar refractivity (Wildman–Crippen MR) is 74.5 cm³/mol. The Morgan fingerprint density at radius 2 is 1.95 bits per heavy atom. The van der Waals surface area contributed by atoms with Gasteiger partial charge in [-0.25, -0.2) is 4.39 Å². The summed E-state index contributed by atoms with van der Waals surface area (Å²) in [5.41, 5.74) is 1.23. The van der Waals surface area contributed by atoms with Crippen molar-refractivity contribution in [3.63, 3.8) is 0 Å². The molecule has 2 rings (SSSR count). The van der Waals surface area contributed by atoms with Crippen molar-refractivity contribution in [3.8, 4) is 0 Å². The first-order valence-electron chi connectivity index (χ1n) is 6.02. The summed E-state index contributed by atoms with van der Waals surface area (Å²) in [6.45, 7) is 2.12. The minimum atomic E-state index is -2.41. The maximum absolute atomic E-state index is 13.6. The Morgan fingerprint density at radius 1 is 1.20 bits per heavy atom. The Bertz CT molecular complexity index is 571. The molecule has 0 aliphatic heterocycles. The molecule has 1 N–H and O–H groups in total. The molecule has 0 radical (unpaired) electrons. The SMILES string of the molecule is Cc1ccc(NCc2ccc(CSC(F)F)o2)c(F)c1. The molecule has 0 unspecified atom stereocenters. The van der Waals surface area contributed by atoms with E-state index in [0.29, 0.717) is 35.5 Å². The van der Waals surface area contributed by atoms with E-state index in [1.165, 1.54) is 6.07 Å². The summed E-state index contributed by atoms with van der Waals surface area (Å²) in [5.74, 6) is -1.56. The molecule has 108 valence electrons. The zero-order chi connectivity index (χ0) is 14.5. The lowest BCUT2D eigenvalue weighted by Crippen LogP contribution is -2.00. The van der Waals surface area contributed by atoms with Crippen LogP contribution < -0.4 is 5.32 Å². The molecule has 0 saturated heterocycles. The quantitative estimate of drug-likeness (QED) is 0.830. The smallest absolute Gasteiger partial charge is 0.284 e. The molecule has 6 heteroatoms. The molecule has 0 aliphatic rings. The lowest BCUT2D eigenvalue weighted by molar-refractivity contribution is 0.251. The molecule has 20 heavy (non-hydrogen) atoms. The van der Waals surface area contributed by atoms with Crippen LogP contribution in [-0.2, 0) is 12.3 Å². The van der Waals surface area contributed by atoms with Crippen LogP contribution >= 0.6 is 11.8 Å². The van der Waals surface area contributed by atoms with Gasteiger partial charge in [0.05, 0.1) is 18.0 Å². The number of rotatable bonds is 6. The van der Waals surface area contributed by atoms with Crippen molar-refractivity contribution in [2.45, 2.75) is 25.0 Å². The zero-order valence-electron chi connectivity index (χ0n) is 10.8. The number of anilines is 1. The van der Waals surface area contributed by atoms with Crippen LogP contribution in [0, 0.1) is 12.7 Å². The highest BCUT2D eigenvalue weighted by Gasteiger charge is 2.08. The van der Waals surface area contributed by atoms with E-state index >= 15 is 0 Å². The average Bonchev–Trinajstić information content (AvgIpc) is 2.83. The van der Waals surface area contributed by atoms with Crippen molar-refractivity contribution in [2.75, 3.05) is 5.32 Å². The minimum absolute atomic E-state index is 0.122. The number of alkyl halides is 2. The Kier molecular flexibility index (Phi) is 5.00. The molecule has 2 nitrogen and oxygen atoms in total. The Labute approximate surface area is 119 Å². The number of benzene rings is 1. The number of aryl methyl sites for hydroxylation is 1. The van der Waals surface area contributed by atoms with Gasteiger partial charge in [-0.3, -0.25) is 0 Å². The number of halogens is 3. The van der Waals surface area contributed by atoms with Crippen LogP contribution in [0.2, 0.25) is 0 Å². The summed E-state index contributed by atoms with van der Waals surface area (Å²) in [6.07, 6.45) is 0. The van der Waals surface area contributed by atoms with Crippen molar-refractivity contribution in [1.29, 1.82) is 0 Å². The third kappa shape index (κ3) is 4.23. The van der Waals surface area contributed by atoms with E-state index in [1.54, 1.807) is 24.3 Å². The van der Waals surface area contributed by atoms with Gasteiger partial charge in [0.1, 0.15) is 17.3 Å². The first kappa shape index (κ1) is 14.8. The largest absolute Gasteiger partial charge is 0.463 e. The van der Waals surface area contributed by atoms with Crippen LogP contribution in [0.4, 0.5) is 18.9 Å². The van der Waals surface area contributed by atoms with Crippen molar-refractivity contribution in [1.82, 2.24) is 0 Å². The number of nitrogens with one attached hydrogen (secondary N) is 1. The molecule has 0 bridgehead atoms. The molecular formula is C14H14F3NOS. The van der Waals surface area contributed by atoms with Gasteiger partial charge in [-0.1, -0.05) is 17.8 Å². The third-order valence-electron chi connectivity index (χ3n) is 2.65. The van der Waals surface area contributed by atoms with Gasteiger partial charge in [-0.15, -0.1) is 0 Å². The van der Waals surface area contributed by atoms with Gasteiger partial charge in [-0.05, 0) is 36.8 Å². The van der Waals surface area contributed by atoms with Crippen molar-refractivity contribution < 1.29 is 17.6 Å². The fourth-order valence-corrected chi connectivity index (χ4v) is 2.13. The molecular weight excluding hydrogens is 287 g/mol. The second-order valence-electron chi connectivity index (χ2n) is 4.28. The monoisotopic (exact) mass is 301 g/mol. The van der Waals surface area contributed by atoms with E-state index in [-0.39, 0.29) is 11.6 Å². The molecule has 0 amide bonds. The highest BCUT2D eigenvalue weighted by Crippen LogP contribution is 2.22. The van der Waals surface area contributed by atoms with Crippen LogP contribution in [0.1, 0.15) is 17.1 Å². The third-order valence-corrected chi connectivity index (χ3v) is 3.35. The standard InChI is InChI=1S/C14H14F3NOS/c1-9-2-5-13(12(15)6-9)18-7-10-3-4-11(19-10)8-20-14(16)17/h2-6,14,18H,7-8H2,1H3. The number of hydrogen-bond donors (Lipinski definition) is 1. The first-order chi connectivity index (χ1) is 9.54. The van der Waals surface area contributed by atoms with Gasteiger partial charge in [0, 0.05) is 0 Å². The zero-order valence-corrected chi connectivity index (χ0v) is 11.6. The molecule has 0 atom stereocenters. The highest BCUT2D eigenvalue weighted by molar-refractivity contribution is 7.98. The Balaban J connectivity index is 1.90. The van der Waals surface area contributed by atoms with Gasteiger partial charge in [0.2, 0.25) is 0 Å². The number of thioether (sulfide) groups is 1. The van der Waals surface area contributed by atoms with Gasteiger partial charge in [0.25, 0.3) is 5.76 Å². The second-order valence-corrected chi connectivity index (χ2v) is 5.25. The summed E-state index contributed by atoms with van der Waals surface area (Å²) < 4.78 is 43.1. The summed E-state index contributed by atoms with van der Waals surface area (Å²) >= 11 is 0.509.